The maximum atomic E-state index is 12.9. The summed E-state index contributed by atoms with van der Waals surface area (Å²) in [7, 11) is 0. The Bertz CT molecular complexity index is 1760. The Morgan fingerprint density at radius 1 is 0.269 bits per heavy atom. The fourth-order valence-corrected chi connectivity index (χ4v) is 8.16. The van der Waals surface area contributed by atoms with E-state index in [1.807, 2.05) is 12.2 Å². The van der Waals surface area contributed by atoms with Crippen LogP contribution < -0.4 is 0 Å². The first-order valence-electron chi connectivity index (χ1n) is 31.5. The van der Waals surface area contributed by atoms with Gasteiger partial charge in [0.2, 0.25) is 0 Å². The largest absolute Gasteiger partial charge is 0.462 e. The van der Waals surface area contributed by atoms with Crippen LogP contribution in [0.1, 0.15) is 258 Å². The minimum Gasteiger partial charge on any atom is -0.462 e. The van der Waals surface area contributed by atoms with Crippen molar-refractivity contribution in [2.45, 2.75) is 264 Å². The van der Waals surface area contributed by atoms with Gasteiger partial charge in [-0.1, -0.05) is 288 Å². The lowest BCUT2D eigenvalue weighted by Gasteiger charge is -2.18. The monoisotopic (exact) mass is 1070 g/mol. The fourth-order valence-electron chi connectivity index (χ4n) is 8.16. The molecule has 438 valence electrons. The second kappa shape index (κ2) is 64.6. The topological polar surface area (TPSA) is 78.9 Å². The molecule has 0 N–H and O–H groups in total. The van der Waals surface area contributed by atoms with Crippen molar-refractivity contribution >= 4 is 17.9 Å². The number of ether oxygens (including phenoxy) is 3. The number of hydrogen-bond acceptors (Lipinski definition) is 6. The van der Waals surface area contributed by atoms with Crippen molar-refractivity contribution in [2.24, 2.45) is 0 Å². The molecule has 0 fully saturated rings. The second-order valence-corrected chi connectivity index (χ2v) is 20.2. The van der Waals surface area contributed by atoms with E-state index in [4.69, 9.17) is 14.2 Å². The van der Waals surface area contributed by atoms with Gasteiger partial charge in [-0.3, -0.25) is 14.4 Å². The number of rotatable bonds is 55. The Morgan fingerprint density at radius 2 is 0.526 bits per heavy atom. The van der Waals surface area contributed by atoms with E-state index >= 15 is 0 Å². The standard InChI is InChI=1S/C72H114O6/c1-4-7-10-13-16-19-22-25-28-31-34-35-36-37-39-41-44-47-50-53-56-59-62-65-71(74)77-68-69(67-76-70(73)64-61-58-55-52-49-46-43-40-33-30-27-24-21-18-15-12-9-6-3)78-72(75)66-63-60-57-54-51-48-45-42-38-32-29-26-23-20-17-14-11-8-5-2/h7-8,10-11,16-17,19-20,25-26,28-29,34-35,37-39,42,44,47-48,51,53,56-57,60,69H,4-6,9,12-15,18,21-24,27,30-33,36,40-41,43,45-46,49-50,52,54-55,58-59,61-68H2,1-3H3/b10-7-,11-8-,19-16-,20-17-,28-25-,29-26-,35-34-,39-37-,42-38-,47-44-,51-48-,56-53-,60-57-. The summed E-state index contributed by atoms with van der Waals surface area (Å²) in [5.74, 6) is -1.08. The van der Waals surface area contributed by atoms with Gasteiger partial charge in [0.15, 0.2) is 6.10 Å². The van der Waals surface area contributed by atoms with Crippen LogP contribution in [-0.2, 0) is 28.6 Å². The van der Waals surface area contributed by atoms with E-state index < -0.39 is 12.1 Å². The molecule has 1 unspecified atom stereocenters. The maximum absolute atomic E-state index is 12.9. The van der Waals surface area contributed by atoms with E-state index in [9.17, 15) is 14.4 Å². The first kappa shape index (κ1) is 73.0. The van der Waals surface area contributed by atoms with Crippen LogP contribution in [0.15, 0.2) is 158 Å². The van der Waals surface area contributed by atoms with Crippen molar-refractivity contribution in [2.75, 3.05) is 13.2 Å². The molecule has 0 saturated heterocycles. The molecule has 0 aromatic heterocycles. The van der Waals surface area contributed by atoms with Crippen molar-refractivity contribution in [1.82, 2.24) is 0 Å². The third-order valence-electron chi connectivity index (χ3n) is 12.8. The van der Waals surface area contributed by atoms with E-state index in [2.05, 4.69) is 167 Å². The van der Waals surface area contributed by atoms with Gasteiger partial charge in [-0.25, -0.2) is 0 Å². The van der Waals surface area contributed by atoms with Crippen molar-refractivity contribution in [3.05, 3.63) is 158 Å². The van der Waals surface area contributed by atoms with Crippen LogP contribution >= 0.6 is 0 Å². The fraction of sp³-hybridized carbons (Fsp3) is 0.597. The number of carbonyl (C=O) groups is 3. The van der Waals surface area contributed by atoms with Crippen LogP contribution in [0.5, 0.6) is 0 Å². The van der Waals surface area contributed by atoms with Gasteiger partial charge in [0.05, 0.1) is 0 Å². The summed E-state index contributed by atoms with van der Waals surface area (Å²) in [5, 5.41) is 0. The van der Waals surface area contributed by atoms with E-state index in [1.165, 1.54) is 96.3 Å². The molecule has 6 nitrogen and oxygen atoms in total. The van der Waals surface area contributed by atoms with Crippen LogP contribution in [-0.4, -0.2) is 37.2 Å². The number of allylic oxidation sites excluding steroid dienone is 26. The van der Waals surface area contributed by atoms with Crippen molar-refractivity contribution in [3.63, 3.8) is 0 Å². The van der Waals surface area contributed by atoms with Crippen LogP contribution in [0.25, 0.3) is 0 Å². The zero-order valence-electron chi connectivity index (χ0n) is 50.1. The zero-order valence-corrected chi connectivity index (χ0v) is 50.1. The van der Waals surface area contributed by atoms with Crippen molar-refractivity contribution in [1.29, 1.82) is 0 Å². The molecule has 0 rings (SSSR count). The molecule has 78 heavy (non-hydrogen) atoms. The SMILES string of the molecule is CC/C=C\C/C=C\C/C=C\C/C=C\C/C=C\C/C=C\C/C=C\CCCC(=O)OCC(COC(=O)CCCCCCCCCCCCCCCCCCCC)OC(=O)CC/C=C\C/C=C\C/C=C\C/C=C\C/C=C\C/C=C\CC. The third kappa shape index (κ3) is 61.9. The Morgan fingerprint density at radius 3 is 0.833 bits per heavy atom. The lowest BCUT2D eigenvalue weighted by atomic mass is 10.0. The average molecular weight is 1080 g/mol. The molecule has 0 aliphatic carbocycles. The Balaban J connectivity index is 4.60. The van der Waals surface area contributed by atoms with Gasteiger partial charge in [-0.2, -0.15) is 0 Å². The second-order valence-electron chi connectivity index (χ2n) is 20.2. The molecule has 6 heteroatoms. The van der Waals surface area contributed by atoms with Gasteiger partial charge >= 0.3 is 17.9 Å². The summed E-state index contributed by atoms with van der Waals surface area (Å²) in [6.45, 7) is 6.31. The van der Waals surface area contributed by atoms with E-state index in [-0.39, 0.29) is 38.0 Å². The van der Waals surface area contributed by atoms with Gasteiger partial charge in [0.1, 0.15) is 13.2 Å². The van der Waals surface area contributed by atoms with Gasteiger partial charge in [-0.05, 0) is 109 Å². The molecule has 0 aliphatic heterocycles. The lowest BCUT2D eigenvalue weighted by molar-refractivity contribution is -0.166. The summed E-state index contributed by atoms with van der Waals surface area (Å²) in [5.41, 5.74) is 0. The maximum Gasteiger partial charge on any atom is 0.306 e. The van der Waals surface area contributed by atoms with E-state index in [0.29, 0.717) is 19.3 Å². The predicted octanol–water partition coefficient (Wildman–Crippen LogP) is 21.7. The van der Waals surface area contributed by atoms with Gasteiger partial charge in [-0.15, -0.1) is 0 Å². The molecule has 0 heterocycles. The smallest absolute Gasteiger partial charge is 0.306 e. The quantitative estimate of drug-likeness (QED) is 0.0261. The van der Waals surface area contributed by atoms with E-state index in [0.717, 1.165) is 109 Å². The highest BCUT2D eigenvalue weighted by Crippen LogP contribution is 2.15. The normalized spacial score (nSPS) is 13.2. The number of hydrogen-bond donors (Lipinski definition) is 0. The zero-order chi connectivity index (χ0) is 56.4. The van der Waals surface area contributed by atoms with Gasteiger partial charge in [0.25, 0.3) is 0 Å². The summed E-state index contributed by atoms with van der Waals surface area (Å²) >= 11 is 0. The Kier molecular flexibility index (Phi) is 60.4. The lowest BCUT2D eigenvalue weighted by Crippen LogP contribution is -2.30. The first-order chi connectivity index (χ1) is 38.5. The summed E-state index contributed by atoms with van der Waals surface area (Å²) in [6, 6.07) is 0. The van der Waals surface area contributed by atoms with E-state index in [1.54, 1.807) is 0 Å². The van der Waals surface area contributed by atoms with Crippen LogP contribution in [0.2, 0.25) is 0 Å². The molecule has 0 aromatic carbocycles. The minimum absolute atomic E-state index is 0.131. The third-order valence-corrected chi connectivity index (χ3v) is 12.8. The average Bonchev–Trinajstić information content (AvgIpc) is 3.44. The minimum atomic E-state index is -0.850. The van der Waals surface area contributed by atoms with Crippen LogP contribution in [0.3, 0.4) is 0 Å². The summed E-state index contributed by atoms with van der Waals surface area (Å²) < 4.78 is 16.8. The van der Waals surface area contributed by atoms with Crippen LogP contribution in [0, 0.1) is 0 Å². The highest BCUT2D eigenvalue weighted by Gasteiger charge is 2.19. The molecule has 0 aliphatic rings. The first-order valence-corrected chi connectivity index (χ1v) is 31.5. The van der Waals surface area contributed by atoms with Crippen molar-refractivity contribution < 1.29 is 28.6 Å². The number of esters is 3. The molecular weight excluding hydrogens is 961 g/mol. The molecule has 0 bridgehead atoms. The molecule has 0 spiro atoms. The van der Waals surface area contributed by atoms with Crippen LogP contribution in [0.4, 0.5) is 0 Å². The predicted molar refractivity (Wildman–Crippen MR) is 338 cm³/mol. The number of carbonyl (C=O) groups excluding carboxylic acids is 3. The summed E-state index contributed by atoms with van der Waals surface area (Å²) in [6.07, 6.45) is 94.0. The molecule has 0 radical (unpaired) electrons. The highest BCUT2D eigenvalue weighted by atomic mass is 16.6. The highest BCUT2D eigenvalue weighted by molar-refractivity contribution is 5.71. The van der Waals surface area contributed by atoms with Gasteiger partial charge in [0, 0.05) is 19.3 Å². The Hall–Kier alpha value is -4.97. The Labute approximate surface area is 480 Å². The molecular formula is C72H114O6. The molecule has 1 atom stereocenters. The molecule has 0 amide bonds. The van der Waals surface area contributed by atoms with Crippen molar-refractivity contribution in [3.8, 4) is 0 Å². The van der Waals surface area contributed by atoms with Gasteiger partial charge < -0.3 is 14.2 Å². The summed E-state index contributed by atoms with van der Waals surface area (Å²) in [4.78, 5) is 38.3. The molecule has 0 saturated carbocycles. The molecule has 0 aromatic rings. The number of unbranched alkanes of at least 4 members (excludes halogenated alkanes) is 18.